The molecule has 0 amide bonds. The monoisotopic (exact) mass is 984 g/mol. The predicted molar refractivity (Wildman–Crippen MR) is 321 cm³/mol. The Balaban J connectivity index is 1.09. The second-order valence-corrected chi connectivity index (χ2v) is 24.6. The molecule has 2 aliphatic carbocycles. The predicted octanol–water partition coefficient (Wildman–Crippen LogP) is 16.5. The van der Waals surface area contributed by atoms with Gasteiger partial charge < -0.3 is 14.7 Å². The fraction of sp³-hybridized carbons (Fsp3) is 0.250. The van der Waals surface area contributed by atoms with Gasteiger partial charge in [0, 0.05) is 50.6 Å². The minimum atomic E-state index is -0.251. The first kappa shape index (κ1) is 45.8. The molecule has 2 fully saturated rings. The fourth-order valence-electron chi connectivity index (χ4n) is 16.6. The fourth-order valence-corrected chi connectivity index (χ4v) is 16.6. The Morgan fingerprint density at radius 2 is 0.934 bits per heavy atom. The van der Waals surface area contributed by atoms with Crippen molar-refractivity contribution in [2.75, 3.05) is 14.7 Å². The Morgan fingerprint density at radius 1 is 0.395 bits per heavy atom. The van der Waals surface area contributed by atoms with Crippen LogP contribution in [0.1, 0.15) is 114 Å². The van der Waals surface area contributed by atoms with E-state index in [1.54, 1.807) is 0 Å². The minimum Gasteiger partial charge on any atom is -0.335 e. The van der Waals surface area contributed by atoms with Gasteiger partial charge in [0.05, 0.1) is 11.1 Å². The van der Waals surface area contributed by atoms with Crippen LogP contribution in [0.15, 0.2) is 212 Å². The van der Waals surface area contributed by atoms with E-state index in [1.807, 2.05) is 0 Å². The van der Waals surface area contributed by atoms with Gasteiger partial charge in [0.15, 0.2) is 0 Å². The summed E-state index contributed by atoms with van der Waals surface area (Å²) in [6, 6.07) is 82.4. The van der Waals surface area contributed by atoms with Crippen LogP contribution in [0.5, 0.6) is 0 Å². The molecular weight excluding hydrogens is 918 g/mol. The highest BCUT2D eigenvalue weighted by molar-refractivity contribution is 7.00. The van der Waals surface area contributed by atoms with Crippen molar-refractivity contribution in [1.29, 1.82) is 0 Å². The van der Waals surface area contributed by atoms with Gasteiger partial charge in [0.2, 0.25) is 0 Å². The average Bonchev–Trinajstić information content (AvgIpc) is 4.10. The number of hydrogen-bond acceptors (Lipinski definition) is 3. The molecule has 4 heteroatoms. The summed E-state index contributed by atoms with van der Waals surface area (Å²) in [5, 5.41) is 0. The van der Waals surface area contributed by atoms with Gasteiger partial charge in [-0.05, 0) is 148 Å². The van der Waals surface area contributed by atoms with Crippen molar-refractivity contribution in [3.63, 3.8) is 0 Å². The Kier molecular flexibility index (Phi) is 9.93. The molecule has 0 bridgehead atoms. The highest BCUT2D eigenvalue weighted by Gasteiger charge is 2.65. The van der Waals surface area contributed by atoms with E-state index in [0.29, 0.717) is 0 Å². The van der Waals surface area contributed by atoms with E-state index in [0.717, 1.165) is 25.7 Å². The van der Waals surface area contributed by atoms with Crippen molar-refractivity contribution in [2.45, 2.75) is 113 Å². The summed E-state index contributed by atoms with van der Waals surface area (Å²) >= 11 is 0. The highest BCUT2D eigenvalue weighted by Crippen LogP contribution is 2.67. The van der Waals surface area contributed by atoms with Gasteiger partial charge in [-0.15, -0.1) is 0 Å². The lowest BCUT2D eigenvalue weighted by molar-refractivity contribution is 0.214. The number of nitrogens with zero attached hydrogens (tertiary/aromatic N) is 3. The van der Waals surface area contributed by atoms with E-state index >= 15 is 0 Å². The first-order valence-corrected chi connectivity index (χ1v) is 28.4. The third kappa shape index (κ3) is 6.07. The number of benzene rings is 9. The molecule has 15 rings (SSSR count). The van der Waals surface area contributed by atoms with Crippen LogP contribution in [0.25, 0.3) is 22.3 Å². The van der Waals surface area contributed by atoms with E-state index in [2.05, 4.69) is 262 Å². The summed E-state index contributed by atoms with van der Waals surface area (Å²) in [5.74, 6) is 0. The van der Waals surface area contributed by atoms with E-state index < -0.39 is 0 Å². The Hall–Kier alpha value is -7.56. The van der Waals surface area contributed by atoms with Gasteiger partial charge in [-0.2, -0.15) is 0 Å². The number of hydrogen-bond donors (Lipinski definition) is 0. The van der Waals surface area contributed by atoms with Crippen LogP contribution in [0.3, 0.4) is 0 Å². The molecule has 9 aromatic rings. The lowest BCUT2D eigenvalue weighted by atomic mass is 9.33. The summed E-state index contributed by atoms with van der Waals surface area (Å²) in [6.07, 6.45) is 9.23. The molecule has 0 radical (unpaired) electrons. The normalized spacial score (nSPS) is 23.5. The third-order valence-corrected chi connectivity index (χ3v) is 19.9. The molecule has 76 heavy (non-hydrogen) atoms. The van der Waals surface area contributed by atoms with Gasteiger partial charge in [-0.25, -0.2) is 0 Å². The van der Waals surface area contributed by atoms with Crippen molar-refractivity contribution in [2.24, 2.45) is 0 Å². The van der Waals surface area contributed by atoms with E-state index in [4.69, 9.17) is 0 Å². The zero-order valence-electron chi connectivity index (χ0n) is 44.8. The molecule has 0 saturated heterocycles. The SMILES string of the molecule is CC(C)(C)c1cc2c3c(c1)C1(c4ccccc4)CCCCC1(C)N3c1cc(N3c4ccccc4C4(c5ccccc5)CCCCC34C)cc3c1B2c1ccc(-c2ccccc2)cc1N3c1cccc(-c2ccccc2)c1. The Bertz CT molecular complexity index is 3770. The molecule has 2 saturated carbocycles. The van der Waals surface area contributed by atoms with Crippen LogP contribution in [0.2, 0.25) is 0 Å². The molecule has 0 aromatic heterocycles. The zero-order chi connectivity index (χ0) is 51.2. The molecule has 9 aromatic carbocycles. The second kappa shape index (κ2) is 16.5. The lowest BCUT2D eigenvalue weighted by Gasteiger charge is -2.55. The molecule has 0 N–H and O–H groups in total. The Labute approximate surface area is 451 Å². The van der Waals surface area contributed by atoms with Gasteiger partial charge in [0.1, 0.15) is 0 Å². The van der Waals surface area contributed by atoms with E-state index in [1.165, 1.54) is 132 Å². The van der Waals surface area contributed by atoms with Gasteiger partial charge in [0.25, 0.3) is 6.71 Å². The van der Waals surface area contributed by atoms with Gasteiger partial charge in [-0.3, -0.25) is 0 Å². The summed E-state index contributed by atoms with van der Waals surface area (Å²) < 4.78 is 0. The van der Waals surface area contributed by atoms with Crippen molar-refractivity contribution in [1.82, 2.24) is 0 Å². The van der Waals surface area contributed by atoms with E-state index in [-0.39, 0.29) is 34.0 Å². The molecule has 3 nitrogen and oxygen atoms in total. The number of fused-ring (bicyclic) bond motifs is 10. The zero-order valence-corrected chi connectivity index (χ0v) is 44.8. The summed E-state index contributed by atoms with van der Waals surface area (Å²) in [6.45, 7) is 12.6. The molecule has 4 unspecified atom stereocenters. The van der Waals surface area contributed by atoms with Crippen LogP contribution in [-0.2, 0) is 16.2 Å². The molecular formula is C72H66BN3. The highest BCUT2D eigenvalue weighted by atomic mass is 15.3. The smallest absolute Gasteiger partial charge is 0.252 e. The second-order valence-electron chi connectivity index (χ2n) is 24.6. The maximum absolute atomic E-state index is 2.96. The molecule has 0 spiro atoms. The first-order chi connectivity index (χ1) is 37.0. The quantitative estimate of drug-likeness (QED) is 0.154. The summed E-state index contributed by atoms with van der Waals surface area (Å²) in [4.78, 5) is 8.51. The van der Waals surface area contributed by atoms with Crippen LogP contribution in [0.4, 0.5) is 39.8 Å². The molecule has 4 atom stereocenters. The van der Waals surface area contributed by atoms with Gasteiger partial charge >= 0.3 is 0 Å². The van der Waals surface area contributed by atoms with E-state index in [9.17, 15) is 0 Å². The van der Waals surface area contributed by atoms with Crippen LogP contribution >= 0.6 is 0 Å². The van der Waals surface area contributed by atoms with Crippen molar-refractivity contribution in [3.8, 4) is 22.3 Å². The van der Waals surface area contributed by atoms with Crippen LogP contribution in [-0.4, -0.2) is 17.8 Å². The molecule has 372 valence electrons. The number of para-hydroxylation sites is 1. The molecule has 6 aliphatic rings. The van der Waals surface area contributed by atoms with Crippen molar-refractivity contribution >= 4 is 62.9 Å². The number of rotatable bonds is 6. The largest absolute Gasteiger partial charge is 0.335 e. The molecule has 4 aliphatic heterocycles. The van der Waals surface area contributed by atoms with Crippen molar-refractivity contribution in [3.05, 3.63) is 240 Å². The van der Waals surface area contributed by atoms with Crippen LogP contribution in [0, 0.1) is 0 Å². The Morgan fingerprint density at radius 3 is 1.58 bits per heavy atom. The third-order valence-electron chi connectivity index (χ3n) is 19.9. The summed E-state index contributed by atoms with van der Waals surface area (Å²) in [5.41, 5.74) is 24.6. The topological polar surface area (TPSA) is 9.72 Å². The minimum absolute atomic E-state index is 0.00385. The van der Waals surface area contributed by atoms with Crippen molar-refractivity contribution < 1.29 is 0 Å². The first-order valence-electron chi connectivity index (χ1n) is 28.4. The van der Waals surface area contributed by atoms with Gasteiger partial charge in [-0.1, -0.05) is 222 Å². The standard InChI is InChI=1S/C72H66BN3/c1-68(2,3)55-45-59-67-61(46-55)73-60-38-37-52(50-27-12-7-13-28-50)44-63(60)74(56-34-24-29-51(43-56)49-25-10-6-11-26-49)64-47-57(48-65(66(64)73)76(67)70(5)40-21-23-42-72(59,70)54-32-16-9-17-33-54)75-62-36-19-18-35-58(62)71(53-30-14-8-15-31-53)41-22-20-39-69(71,75)4/h6-19,24-38,43-48H,20-23,39-42H2,1-5H3. The average molecular weight is 984 g/mol. The maximum Gasteiger partial charge on any atom is 0.252 e. The lowest BCUT2D eigenvalue weighted by Crippen LogP contribution is -2.65. The van der Waals surface area contributed by atoms with Crippen LogP contribution < -0.4 is 31.1 Å². The molecule has 4 heterocycles. The maximum atomic E-state index is 2.96. The summed E-state index contributed by atoms with van der Waals surface area (Å²) in [7, 11) is 0. The number of anilines is 7.